The van der Waals surface area contributed by atoms with Crippen LogP contribution in [-0.2, 0) is 0 Å². The molecule has 1 fully saturated rings. The van der Waals surface area contributed by atoms with Gasteiger partial charge in [0.15, 0.2) is 0 Å². The summed E-state index contributed by atoms with van der Waals surface area (Å²) in [5, 5.41) is 0. The Labute approximate surface area is 92.5 Å². The van der Waals surface area contributed by atoms with E-state index in [0.29, 0.717) is 6.10 Å². The largest absolute Gasteiger partial charge is 0.490 e. The Morgan fingerprint density at radius 3 is 2.73 bits per heavy atom. The molecule has 1 aliphatic rings. The Balaban J connectivity index is 1.89. The molecule has 1 nitrogen and oxygen atoms in total. The lowest BCUT2D eigenvalue weighted by Crippen LogP contribution is -2.25. The van der Waals surface area contributed by atoms with E-state index in [0.717, 1.165) is 11.7 Å². The highest BCUT2D eigenvalue weighted by molar-refractivity contribution is 5.21. The molecule has 0 radical (unpaired) electrons. The molecule has 1 aromatic carbocycles. The molecule has 2 atom stereocenters. The van der Waals surface area contributed by atoms with Gasteiger partial charge in [0.05, 0.1) is 6.10 Å². The molecule has 2 rings (SSSR count). The van der Waals surface area contributed by atoms with Gasteiger partial charge in [-0.05, 0) is 37.3 Å². The van der Waals surface area contributed by atoms with E-state index in [1.807, 2.05) is 18.2 Å². The van der Waals surface area contributed by atoms with Crippen LogP contribution in [0.2, 0.25) is 0 Å². The fourth-order valence-corrected chi connectivity index (χ4v) is 2.41. The molecule has 0 bridgehead atoms. The molecule has 1 aromatic rings. The van der Waals surface area contributed by atoms with Crippen LogP contribution in [0.1, 0.15) is 39.0 Å². The molecule has 82 valence electrons. The molecule has 0 amide bonds. The second kappa shape index (κ2) is 5.20. The smallest absolute Gasteiger partial charge is 0.119 e. The van der Waals surface area contributed by atoms with Gasteiger partial charge in [0.25, 0.3) is 0 Å². The van der Waals surface area contributed by atoms with Crippen LogP contribution in [0.5, 0.6) is 5.75 Å². The minimum absolute atomic E-state index is 0.450. The van der Waals surface area contributed by atoms with E-state index in [1.165, 1.54) is 32.1 Å². The molecule has 0 N–H and O–H groups in total. The van der Waals surface area contributed by atoms with Gasteiger partial charge in [-0.1, -0.05) is 38.0 Å². The minimum Gasteiger partial charge on any atom is -0.490 e. The van der Waals surface area contributed by atoms with Crippen molar-refractivity contribution in [1.29, 1.82) is 0 Å². The molecule has 1 saturated carbocycles. The Morgan fingerprint density at radius 1 is 1.20 bits per heavy atom. The summed E-state index contributed by atoms with van der Waals surface area (Å²) in [5.41, 5.74) is 0. The average Bonchev–Trinajstić information content (AvgIpc) is 2.31. The van der Waals surface area contributed by atoms with Crippen LogP contribution in [-0.4, -0.2) is 6.10 Å². The Kier molecular flexibility index (Phi) is 3.65. The predicted molar refractivity (Wildman–Crippen MR) is 63.1 cm³/mol. The maximum absolute atomic E-state index is 5.99. The summed E-state index contributed by atoms with van der Waals surface area (Å²) in [7, 11) is 0. The van der Waals surface area contributed by atoms with Gasteiger partial charge in [-0.2, -0.15) is 0 Å². The van der Waals surface area contributed by atoms with Gasteiger partial charge in [-0.15, -0.1) is 0 Å². The Bertz CT molecular complexity index is 281. The number of benzene rings is 1. The van der Waals surface area contributed by atoms with Crippen LogP contribution in [0.3, 0.4) is 0 Å². The van der Waals surface area contributed by atoms with E-state index in [4.69, 9.17) is 4.74 Å². The number of para-hydroxylation sites is 1. The number of ether oxygens (including phenoxy) is 1. The normalized spacial score (nSPS) is 26.2. The Hall–Kier alpha value is -0.980. The fourth-order valence-electron chi connectivity index (χ4n) is 2.41. The Morgan fingerprint density at radius 2 is 2.00 bits per heavy atom. The lowest BCUT2D eigenvalue weighted by atomic mass is 9.85. The molecule has 15 heavy (non-hydrogen) atoms. The van der Waals surface area contributed by atoms with Crippen molar-refractivity contribution in [2.75, 3.05) is 0 Å². The first kappa shape index (κ1) is 10.5. The fraction of sp³-hybridized carbons (Fsp3) is 0.571. The maximum Gasteiger partial charge on any atom is 0.119 e. The van der Waals surface area contributed by atoms with E-state index < -0.39 is 0 Å². The van der Waals surface area contributed by atoms with E-state index in [-0.39, 0.29) is 0 Å². The van der Waals surface area contributed by atoms with Gasteiger partial charge in [0.2, 0.25) is 0 Å². The van der Waals surface area contributed by atoms with Gasteiger partial charge in [-0.3, -0.25) is 0 Å². The lowest BCUT2D eigenvalue weighted by Gasteiger charge is -2.28. The van der Waals surface area contributed by atoms with Gasteiger partial charge in [-0.25, -0.2) is 0 Å². The number of hydrogen-bond acceptors (Lipinski definition) is 1. The highest BCUT2D eigenvalue weighted by Crippen LogP contribution is 2.29. The van der Waals surface area contributed by atoms with Crippen LogP contribution in [0.25, 0.3) is 0 Å². The van der Waals surface area contributed by atoms with Crippen molar-refractivity contribution in [2.45, 2.75) is 45.1 Å². The van der Waals surface area contributed by atoms with Crippen LogP contribution in [0.4, 0.5) is 0 Å². The van der Waals surface area contributed by atoms with Crippen molar-refractivity contribution < 1.29 is 4.74 Å². The molecule has 0 aliphatic heterocycles. The van der Waals surface area contributed by atoms with E-state index in [9.17, 15) is 0 Å². The van der Waals surface area contributed by atoms with E-state index >= 15 is 0 Å². The topological polar surface area (TPSA) is 9.23 Å². The molecule has 1 aliphatic carbocycles. The zero-order valence-electron chi connectivity index (χ0n) is 9.49. The third-order valence-electron chi connectivity index (χ3n) is 3.36. The highest BCUT2D eigenvalue weighted by Gasteiger charge is 2.21. The zero-order valence-corrected chi connectivity index (χ0v) is 9.49. The molecular weight excluding hydrogens is 184 g/mol. The van der Waals surface area contributed by atoms with Crippen molar-refractivity contribution in [3.8, 4) is 5.75 Å². The van der Waals surface area contributed by atoms with Crippen LogP contribution < -0.4 is 4.74 Å². The molecule has 0 aromatic heterocycles. The van der Waals surface area contributed by atoms with Crippen LogP contribution >= 0.6 is 0 Å². The molecular formula is C14H20O. The van der Waals surface area contributed by atoms with E-state index in [2.05, 4.69) is 19.1 Å². The molecule has 0 heterocycles. The van der Waals surface area contributed by atoms with Crippen molar-refractivity contribution in [3.05, 3.63) is 30.3 Å². The summed E-state index contributed by atoms with van der Waals surface area (Å²) in [5.74, 6) is 1.91. The zero-order chi connectivity index (χ0) is 10.5. The molecule has 1 heteroatoms. The highest BCUT2D eigenvalue weighted by atomic mass is 16.5. The molecule has 0 spiro atoms. The average molecular weight is 204 g/mol. The summed E-state index contributed by atoms with van der Waals surface area (Å²) in [6.45, 7) is 2.29. The van der Waals surface area contributed by atoms with Gasteiger partial charge in [0, 0.05) is 0 Å². The van der Waals surface area contributed by atoms with Crippen LogP contribution in [0.15, 0.2) is 30.3 Å². The van der Waals surface area contributed by atoms with Gasteiger partial charge >= 0.3 is 0 Å². The van der Waals surface area contributed by atoms with Crippen molar-refractivity contribution in [3.63, 3.8) is 0 Å². The first-order valence-electron chi connectivity index (χ1n) is 6.10. The van der Waals surface area contributed by atoms with Crippen molar-refractivity contribution in [1.82, 2.24) is 0 Å². The first-order valence-corrected chi connectivity index (χ1v) is 6.10. The second-order valence-corrected chi connectivity index (χ2v) is 4.49. The SMILES string of the molecule is CC[C@H]1CCC[C@@H](Oc2ccccc2)C1. The lowest BCUT2D eigenvalue weighted by molar-refractivity contribution is 0.122. The summed E-state index contributed by atoms with van der Waals surface area (Å²) in [6, 6.07) is 10.2. The number of hydrogen-bond donors (Lipinski definition) is 0. The molecule has 0 saturated heterocycles. The van der Waals surface area contributed by atoms with E-state index in [1.54, 1.807) is 0 Å². The third-order valence-corrected chi connectivity index (χ3v) is 3.36. The second-order valence-electron chi connectivity index (χ2n) is 4.49. The van der Waals surface area contributed by atoms with Crippen LogP contribution in [0, 0.1) is 5.92 Å². The first-order chi connectivity index (χ1) is 7.38. The van der Waals surface area contributed by atoms with Crippen molar-refractivity contribution in [2.24, 2.45) is 5.92 Å². The third kappa shape index (κ3) is 2.98. The predicted octanol–water partition coefficient (Wildman–Crippen LogP) is 4.03. The number of rotatable bonds is 3. The standard InChI is InChI=1S/C14H20O/c1-2-12-7-6-10-14(11-12)15-13-8-4-3-5-9-13/h3-5,8-9,12,14H,2,6-7,10-11H2,1H3/t12-,14+/m0/s1. The summed E-state index contributed by atoms with van der Waals surface area (Å²) >= 11 is 0. The maximum atomic E-state index is 5.99. The summed E-state index contributed by atoms with van der Waals surface area (Å²) < 4.78 is 5.99. The summed E-state index contributed by atoms with van der Waals surface area (Å²) in [4.78, 5) is 0. The minimum atomic E-state index is 0.450. The van der Waals surface area contributed by atoms with Gasteiger partial charge in [0.1, 0.15) is 5.75 Å². The van der Waals surface area contributed by atoms with Gasteiger partial charge < -0.3 is 4.74 Å². The summed E-state index contributed by atoms with van der Waals surface area (Å²) in [6.07, 6.45) is 6.94. The van der Waals surface area contributed by atoms with Crippen molar-refractivity contribution >= 4 is 0 Å². The quantitative estimate of drug-likeness (QED) is 0.722. The monoisotopic (exact) mass is 204 g/mol. The molecule has 0 unspecified atom stereocenters.